The highest BCUT2D eigenvalue weighted by Gasteiger charge is 2.32. The van der Waals surface area contributed by atoms with Crippen molar-refractivity contribution < 1.29 is 18.8 Å². The number of halogens is 1. The standard InChI is InChI=1S/C21H20FN3O3/c1-2-10-23-20(27)16-5-3-4-14(11-16)13-25-19(26)12-18(24-21(25)28)15-6-8-17(22)9-7-15/h2-9,11,18H,1,10,12-13H2,(H,23,27)(H,24,28)/t18-/m0/s1. The maximum atomic E-state index is 13.1. The number of hydrogen-bond donors (Lipinski definition) is 2. The molecule has 3 rings (SSSR count). The highest BCUT2D eigenvalue weighted by molar-refractivity contribution is 5.97. The van der Waals surface area contributed by atoms with Gasteiger partial charge in [0.1, 0.15) is 5.82 Å². The smallest absolute Gasteiger partial charge is 0.324 e. The third-order valence-electron chi connectivity index (χ3n) is 4.43. The van der Waals surface area contributed by atoms with Crippen LogP contribution < -0.4 is 10.6 Å². The van der Waals surface area contributed by atoms with Gasteiger partial charge in [-0.05, 0) is 35.4 Å². The molecular formula is C21H20FN3O3. The van der Waals surface area contributed by atoms with Crippen molar-refractivity contribution in [1.29, 1.82) is 0 Å². The molecular weight excluding hydrogens is 361 g/mol. The number of amides is 4. The molecule has 0 spiro atoms. The molecule has 1 fully saturated rings. The van der Waals surface area contributed by atoms with Crippen LogP contribution in [0.25, 0.3) is 0 Å². The second-order valence-corrected chi connectivity index (χ2v) is 6.44. The largest absolute Gasteiger partial charge is 0.349 e. The van der Waals surface area contributed by atoms with Gasteiger partial charge in [0.15, 0.2) is 0 Å². The molecule has 6 nitrogen and oxygen atoms in total. The first kappa shape index (κ1) is 19.3. The Bertz CT molecular complexity index is 893. The van der Waals surface area contributed by atoms with Crippen LogP contribution in [-0.2, 0) is 11.3 Å². The topological polar surface area (TPSA) is 78.5 Å². The van der Waals surface area contributed by atoms with E-state index in [9.17, 15) is 18.8 Å². The first-order valence-corrected chi connectivity index (χ1v) is 8.82. The molecule has 2 aromatic carbocycles. The molecule has 28 heavy (non-hydrogen) atoms. The minimum Gasteiger partial charge on any atom is -0.349 e. The van der Waals surface area contributed by atoms with Crippen LogP contribution in [0.5, 0.6) is 0 Å². The SMILES string of the molecule is C=CCNC(=O)c1cccc(CN2C(=O)C[C@@H](c3ccc(F)cc3)NC2=O)c1. The lowest BCUT2D eigenvalue weighted by Crippen LogP contribution is -2.50. The summed E-state index contributed by atoms with van der Waals surface area (Å²) in [6, 6.07) is 11.4. The number of rotatable bonds is 6. The number of hydrogen-bond acceptors (Lipinski definition) is 3. The van der Waals surface area contributed by atoms with E-state index in [2.05, 4.69) is 17.2 Å². The molecule has 7 heteroatoms. The summed E-state index contributed by atoms with van der Waals surface area (Å²) in [7, 11) is 0. The normalized spacial score (nSPS) is 16.5. The third kappa shape index (κ3) is 4.43. The van der Waals surface area contributed by atoms with E-state index in [-0.39, 0.29) is 30.6 Å². The first-order chi connectivity index (χ1) is 13.5. The zero-order chi connectivity index (χ0) is 20.1. The van der Waals surface area contributed by atoms with Gasteiger partial charge in [-0.3, -0.25) is 14.5 Å². The molecule has 2 aromatic rings. The fraction of sp³-hybridized carbons (Fsp3) is 0.190. The Balaban J connectivity index is 1.69. The maximum Gasteiger partial charge on any atom is 0.324 e. The zero-order valence-electron chi connectivity index (χ0n) is 15.2. The molecule has 0 unspecified atom stereocenters. The lowest BCUT2D eigenvalue weighted by Gasteiger charge is -2.31. The predicted octanol–water partition coefficient (Wildman–Crippen LogP) is 2.92. The van der Waals surface area contributed by atoms with Crippen LogP contribution >= 0.6 is 0 Å². The van der Waals surface area contributed by atoms with Crippen LogP contribution in [0.4, 0.5) is 9.18 Å². The van der Waals surface area contributed by atoms with E-state index in [4.69, 9.17) is 0 Å². The highest BCUT2D eigenvalue weighted by Crippen LogP contribution is 2.24. The summed E-state index contributed by atoms with van der Waals surface area (Å²) in [5.41, 5.74) is 1.77. The second kappa shape index (κ2) is 8.47. The lowest BCUT2D eigenvalue weighted by molar-refractivity contribution is -0.130. The zero-order valence-corrected chi connectivity index (χ0v) is 15.2. The monoisotopic (exact) mass is 381 g/mol. The van der Waals surface area contributed by atoms with Gasteiger partial charge < -0.3 is 10.6 Å². The number of carbonyl (C=O) groups excluding carboxylic acids is 3. The number of imide groups is 1. The summed E-state index contributed by atoms with van der Waals surface area (Å²) in [5.74, 6) is -0.969. The van der Waals surface area contributed by atoms with Crippen molar-refractivity contribution in [2.75, 3.05) is 6.54 Å². The molecule has 4 amide bonds. The second-order valence-electron chi connectivity index (χ2n) is 6.44. The Labute approximate surface area is 162 Å². The van der Waals surface area contributed by atoms with Gasteiger partial charge in [0.2, 0.25) is 5.91 Å². The van der Waals surface area contributed by atoms with Gasteiger partial charge >= 0.3 is 6.03 Å². The molecule has 144 valence electrons. The molecule has 0 bridgehead atoms. The van der Waals surface area contributed by atoms with Crippen LogP contribution in [0.1, 0.15) is 33.9 Å². The van der Waals surface area contributed by atoms with Gasteiger partial charge in [-0.25, -0.2) is 9.18 Å². The Hall–Kier alpha value is -3.48. The Morgan fingerprint density at radius 3 is 2.68 bits per heavy atom. The van der Waals surface area contributed by atoms with Crippen molar-refractivity contribution in [2.45, 2.75) is 19.0 Å². The van der Waals surface area contributed by atoms with Crippen molar-refractivity contribution in [1.82, 2.24) is 15.5 Å². The number of urea groups is 1. The molecule has 0 aliphatic carbocycles. The number of nitrogens with zero attached hydrogens (tertiary/aromatic N) is 1. The summed E-state index contributed by atoms with van der Waals surface area (Å²) in [6.07, 6.45) is 1.66. The van der Waals surface area contributed by atoms with Crippen molar-refractivity contribution in [2.24, 2.45) is 0 Å². The fourth-order valence-electron chi connectivity index (χ4n) is 2.99. The van der Waals surface area contributed by atoms with Crippen molar-refractivity contribution >= 4 is 17.8 Å². The number of nitrogens with one attached hydrogen (secondary N) is 2. The molecule has 1 atom stereocenters. The van der Waals surface area contributed by atoms with Gasteiger partial charge in [0, 0.05) is 12.1 Å². The van der Waals surface area contributed by atoms with E-state index >= 15 is 0 Å². The van der Waals surface area contributed by atoms with E-state index in [1.165, 1.54) is 12.1 Å². The summed E-state index contributed by atoms with van der Waals surface area (Å²) in [5, 5.41) is 5.45. The number of carbonyl (C=O) groups is 3. The van der Waals surface area contributed by atoms with E-state index < -0.39 is 12.1 Å². The van der Waals surface area contributed by atoms with E-state index in [0.717, 1.165) is 4.90 Å². The third-order valence-corrected chi connectivity index (χ3v) is 4.43. The van der Waals surface area contributed by atoms with Gasteiger partial charge in [0.05, 0.1) is 19.0 Å². The lowest BCUT2D eigenvalue weighted by atomic mass is 10.0. The average Bonchev–Trinajstić information content (AvgIpc) is 2.69. The molecule has 0 saturated carbocycles. The molecule has 0 aromatic heterocycles. The van der Waals surface area contributed by atoms with Crippen LogP contribution in [0.3, 0.4) is 0 Å². The first-order valence-electron chi connectivity index (χ1n) is 8.82. The molecule has 1 aliphatic rings. The van der Waals surface area contributed by atoms with E-state index in [0.29, 0.717) is 23.2 Å². The summed E-state index contributed by atoms with van der Waals surface area (Å²) in [6.45, 7) is 3.96. The molecule has 1 aliphatic heterocycles. The predicted molar refractivity (Wildman–Crippen MR) is 102 cm³/mol. The van der Waals surface area contributed by atoms with Crippen molar-refractivity contribution in [3.05, 3.63) is 83.7 Å². The van der Waals surface area contributed by atoms with Gasteiger partial charge in [-0.2, -0.15) is 0 Å². The summed E-state index contributed by atoms with van der Waals surface area (Å²) in [4.78, 5) is 38.1. The van der Waals surface area contributed by atoms with Crippen LogP contribution in [-0.4, -0.2) is 29.3 Å². The average molecular weight is 381 g/mol. The van der Waals surface area contributed by atoms with Crippen LogP contribution in [0, 0.1) is 5.82 Å². The van der Waals surface area contributed by atoms with E-state index in [1.54, 1.807) is 42.5 Å². The van der Waals surface area contributed by atoms with E-state index in [1.807, 2.05) is 0 Å². The van der Waals surface area contributed by atoms with Crippen molar-refractivity contribution in [3.8, 4) is 0 Å². The van der Waals surface area contributed by atoms with Gasteiger partial charge in [-0.15, -0.1) is 6.58 Å². The minimum absolute atomic E-state index is 0.0589. The fourth-order valence-corrected chi connectivity index (χ4v) is 2.99. The minimum atomic E-state index is -0.521. The molecule has 0 radical (unpaired) electrons. The summed E-state index contributed by atoms with van der Waals surface area (Å²) >= 11 is 0. The highest BCUT2D eigenvalue weighted by atomic mass is 19.1. The van der Waals surface area contributed by atoms with Crippen molar-refractivity contribution in [3.63, 3.8) is 0 Å². The summed E-state index contributed by atoms with van der Waals surface area (Å²) < 4.78 is 13.1. The molecule has 1 saturated heterocycles. The Morgan fingerprint density at radius 1 is 1.25 bits per heavy atom. The number of benzene rings is 2. The molecule has 2 N–H and O–H groups in total. The van der Waals surface area contributed by atoms with Gasteiger partial charge in [-0.1, -0.05) is 30.3 Å². The maximum absolute atomic E-state index is 13.1. The molecule has 1 heterocycles. The Morgan fingerprint density at radius 2 is 2.00 bits per heavy atom. The Kier molecular flexibility index (Phi) is 5.84. The van der Waals surface area contributed by atoms with Gasteiger partial charge in [0.25, 0.3) is 5.91 Å². The van der Waals surface area contributed by atoms with Crippen LogP contribution in [0.15, 0.2) is 61.2 Å². The van der Waals surface area contributed by atoms with Crippen LogP contribution in [0.2, 0.25) is 0 Å². The quantitative estimate of drug-likeness (QED) is 0.755.